The van der Waals surface area contributed by atoms with Gasteiger partial charge in [0.2, 0.25) is 0 Å². The molecule has 116 valence electrons. The number of aromatic hydroxyl groups is 1. The minimum absolute atomic E-state index is 0.0817. The average molecular weight is 322 g/mol. The molecule has 3 rings (SSSR count). The van der Waals surface area contributed by atoms with Crippen LogP contribution in [0.5, 0.6) is 5.75 Å². The van der Waals surface area contributed by atoms with E-state index in [4.69, 9.17) is 0 Å². The highest BCUT2D eigenvalue weighted by molar-refractivity contribution is 7.85. The first-order valence-electron chi connectivity index (χ1n) is 7.70. The first-order chi connectivity index (χ1) is 11.2. The number of hydrogen-bond acceptors (Lipinski definition) is 2. The third-order valence-corrected chi connectivity index (χ3v) is 7.11. The van der Waals surface area contributed by atoms with Crippen molar-refractivity contribution in [2.45, 2.75) is 13.3 Å². The normalized spacial score (nSPS) is 11.3. The van der Waals surface area contributed by atoms with Gasteiger partial charge < -0.3 is 9.67 Å². The van der Waals surface area contributed by atoms with Crippen LogP contribution in [-0.2, 0) is 11.0 Å². The lowest BCUT2D eigenvalue weighted by Crippen LogP contribution is -2.25. The van der Waals surface area contributed by atoms with Crippen LogP contribution in [0.4, 0.5) is 0 Å². The van der Waals surface area contributed by atoms with Gasteiger partial charge in [0.15, 0.2) is 7.14 Å². The number of aryl methyl sites for hydroxylation is 1. The molecular formula is C20H19O2P. The van der Waals surface area contributed by atoms with Crippen LogP contribution in [0, 0.1) is 0 Å². The molecule has 0 fully saturated rings. The molecule has 3 aromatic rings. The molecule has 1 N–H and O–H groups in total. The van der Waals surface area contributed by atoms with E-state index in [0.717, 1.165) is 22.6 Å². The number of rotatable bonds is 4. The van der Waals surface area contributed by atoms with Gasteiger partial charge in [-0.25, -0.2) is 0 Å². The van der Waals surface area contributed by atoms with Crippen molar-refractivity contribution < 1.29 is 9.67 Å². The van der Waals surface area contributed by atoms with Crippen molar-refractivity contribution in [1.29, 1.82) is 0 Å². The van der Waals surface area contributed by atoms with Crippen LogP contribution in [0.3, 0.4) is 0 Å². The third kappa shape index (κ3) is 2.83. The molecule has 0 heterocycles. The maximum atomic E-state index is 14.1. The lowest BCUT2D eigenvalue weighted by atomic mass is 10.2. The Bertz CT molecular complexity index is 799. The van der Waals surface area contributed by atoms with Crippen molar-refractivity contribution in [3.05, 3.63) is 84.4 Å². The Balaban J connectivity index is 2.32. The van der Waals surface area contributed by atoms with Crippen LogP contribution >= 0.6 is 7.14 Å². The van der Waals surface area contributed by atoms with Crippen LogP contribution < -0.4 is 15.9 Å². The maximum Gasteiger partial charge on any atom is 0.174 e. The molecule has 0 amide bonds. The first kappa shape index (κ1) is 15.6. The zero-order valence-corrected chi connectivity index (χ0v) is 13.9. The Morgan fingerprint density at radius 1 is 0.826 bits per heavy atom. The molecule has 0 aliphatic carbocycles. The predicted molar refractivity (Wildman–Crippen MR) is 96.9 cm³/mol. The van der Waals surface area contributed by atoms with Crippen LogP contribution in [0.15, 0.2) is 78.9 Å². The summed E-state index contributed by atoms with van der Waals surface area (Å²) in [4.78, 5) is 0. The summed E-state index contributed by atoms with van der Waals surface area (Å²) >= 11 is 0. The van der Waals surface area contributed by atoms with Crippen molar-refractivity contribution >= 4 is 23.1 Å². The average Bonchev–Trinajstić information content (AvgIpc) is 2.63. The molecule has 0 spiro atoms. The maximum absolute atomic E-state index is 14.1. The second kappa shape index (κ2) is 6.44. The van der Waals surface area contributed by atoms with Gasteiger partial charge in [-0.1, -0.05) is 73.7 Å². The molecular weight excluding hydrogens is 303 g/mol. The molecule has 0 aliphatic heterocycles. The second-order valence-electron chi connectivity index (χ2n) is 5.46. The molecule has 23 heavy (non-hydrogen) atoms. The molecule has 0 atom stereocenters. The van der Waals surface area contributed by atoms with Gasteiger partial charge in [0.25, 0.3) is 0 Å². The number of benzene rings is 3. The van der Waals surface area contributed by atoms with Gasteiger partial charge in [0, 0.05) is 10.6 Å². The summed E-state index contributed by atoms with van der Waals surface area (Å²) in [6, 6.07) is 24.2. The summed E-state index contributed by atoms with van der Waals surface area (Å²) in [5, 5.41) is 12.4. The number of phenols is 1. The van der Waals surface area contributed by atoms with E-state index in [2.05, 4.69) is 0 Å². The second-order valence-corrected chi connectivity index (χ2v) is 8.19. The van der Waals surface area contributed by atoms with Gasteiger partial charge in [-0.2, -0.15) is 0 Å². The Kier molecular flexibility index (Phi) is 4.36. The minimum Gasteiger partial charge on any atom is -0.507 e. The van der Waals surface area contributed by atoms with Crippen molar-refractivity contribution in [1.82, 2.24) is 0 Å². The SMILES string of the molecule is CCc1ccc(O)c(P(=O)(c2ccccc2)c2ccccc2)c1. The zero-order chi connectivity index (χ0) is 16.3. The Morgan fingerprint density at radius 3 is 1.83 bits per heavy atom. The van der Waals surface area contributed by atoms with E-state index in [9.17, 15) is 9.67 Å². The van der Waals surface area contributed by atoms with Crippen molar-refractivity contribution in [2.75, 3.05) is 0 Å². The summed E-state index contributed by atoms with van der Waals surface area (Å²) in [5.41, 5.74) is 1.06. The van der Waals surface area contributed by atoms with Crippen LogP contribution in [0.2, 0.25) is 0 Å². The fraction of sp³-hybridized carbons (Fsp3) is 0.100. The molecule has 0 unspecified atom stereocenters. The summed E-state index contributed by atoms with van der Waals surface area (Å²) in [6.45, 7) is 2.05. The van der Waals surface area contributed by atoms with E-state index in [1.165, 1.54) is 0 Å². The Morgan fingerprint density at radius 2 is 1.35 bits per heavy atom. The number of hydrogen-bond donors (Lipinski definition) is 1. The summed E-state index contributed by atoms with van der Waals surface area (Å²) in [7, 11) is -3.10. The van der Waals surface area contributed by atoms with Gasteiger partial charge in [0.05, 0.1) is 5.30 Å². The molecule has 0 bridgehead atoms. The molecule has 2 nitrogen and oxygen atoms in total. The van der Waals surface area contributed by atoms with Gasteiger partial charge in [0.1, 0.15) is 5.75 Å². The van der Waals surface area contributed by atoms with E-state index in [1.807, 2.05) is 79.7 Å². The molecule has 0 saturated carbocycles. The molecule has 3 heteroatoms. The van der Waals surface area contributed by atoms with Crippen LogP contribution in [0.1, 0.15) is 12.5 Å². The summed E-state index contributed by atoms with van der Waals surface area (Å²) < 4.78 is 14.1. The first-order valence-corrected chi connectivity index (χ1v) is 9.40. The van der Waals surface area contributed by atoms with Crippen LogP contribution in [-0.4, -0.2) is 5.11 Å². The molecule has 0 radical (unpaired) electrons. The highest BCUT2D eigenvalue weighted by Crippen LogP contribution is 2.44. The fourth-order valence-electron chi connectivity index (χ4n) is 2.74. The zero-order valence-electron chi connectivity index (χ0n) is 13.0. The fourth-order valence-corrected chi connectivity index (χ4v) is 5.53. The van der Waals surface area contributed by atoms with E-state index < -0.39 is 7.14 Å². The highest BCUT2D eigenvalue weighted by Gasteiger charge is 2.32. The topological polar surface area (TPSA) is 37.3 Å². The Hall–Kier alpha value is -2.31. The highest BCUT2D eigenvalue weighted by atomic mass is 31.2. The van der Waals surface area contributed by atoms with Crippen molar-refractivity contribution in [3.8, 4) is 5.75 Å². The monoisotopic (exact) mass is 322 g/mol. The number of phenolic OH excluding ortho intramolecular Hbond substituents is 1. The molecule has 3 aromatic carbocycles. The van der Waals surface area contributed by atoms with Crippen molar-refractivity contribution in [3.63, 3.8) is 0 Å². The van der Waals surface area contributed by atoms with Gasteiger partial charge in [-0.15, -0.1) is 0 Å². The van der Waals surface area contributed by atoms with E-state index in [-0.39, 0.29) is 5.75 Å². The molecule has 0 aromatic heterocycles. The smallest absolute Gasteiger partial charge is 0.174 e. The van der Waals surface area contributed by atoms with Crippen molar-refractivity contribution in [2.24, 2.45) is 0 Å². The minimum atomic E-state index is -3.10. The predicted octanol–water partition coefficient (Wildman–Crippen LogP) is 3.59. The summed E-state index contributed by atoms with van der Waals surface area (Å²) in [5.74, 6) is 0.0817. The van der Waals surface area contributed by atoms with E-state index >= 15 is 0 Å². The van der Waals surface area contributed by atoms with E-state index in [0.29, 0.717) is 5.30 Å². The van der Waals surface area contributed by atoms with Gasteiger partial charge >= 0.3 is 0 Å². The largest absolute Gasteiger partial charge is 0.507 e. The lowest BCUT2D eigenvalue weighted by Gasteiger charge is -2.21. The lowest BCUT2D eigenvalue weighted by molar-refractivity contribution is 0.479. The third-order valence-electron chi connectivity index (χ3n) is 4.03. The standard InChI is InChI=1S/C20H19O2P/c1-2-16-13-14-19(21)20(15-16)23(22,17-9-5-3-6-10-17)18-11-7-4-8-12-18/h3-15,21H,2H2,1H3. The van der Waals surface area contributed by atoms with E-state index in [1.54, 1.807) is 6.07 Å². The molecule has 0 aliphatic rings. The molecule has 0 saturated heterocycles. The van der Waals surface area contributed by atoms with Gasteiger partial charge in [-0.05, 0) is 24.1 Å². The Labute approximate surface area is 136 Å². The van der Waals surface area contributed by atoms with Crippen LogP contribution in [0.25, 0.3) is 0 Å². The quantitative estimate of drug-likeness (QED) is 0.745. The van der Waals surface area contributed by atoms with Gasteiger partial charge in [-0.3, -0.25) is 0 Å². The summed E-state index contributed by atoms with van der Waals surface area (Å²) in [6.07, 6.45) is 0.830.